The van der Waals surface area contributed by atoms with Gasteiger partial charge in [-0.25, -0.2) is 0 Å². The maximum absolute atomic E-state index is 9.11. The Bertz CT molecular complexity index is 91.5. The number of thiol groups is 4. The highest BCUT2D eigenvalue weighted by Crippen LogP contribution is 1.65. The van der Waals surface area contributed by atoms with Gasteiger partial charge in [-0.15, -0.1) is 46.6 Å². The summed E-state index contributed by atoms with van der Waals surface area (Å²) in [7, 11) is -3.83. The molecule has 0 aromatic heterocycles. The summed E-state index contributed by atoms with van der Waals surface area (Å²) in [4.78, 5) is 0. The Kier molecular flexibility index (Phi) is 23.3. The van der Waals surface area contributed by atoms with Crippen LogP contribution in [0.2, 0.25) is 0 Å². The zero-order valence-electron chi connectivity index (χ0n) is 3.91. The molecule has 0 atom stereocenters. The van der Waals surface area contributed by atoms with Crippen molar-refractivity contribution in [2.24, 2.45) is 0 Å². The zero-order chi connectivity index (χ0) is 8.50. The molecule has 9 heteroatoms. The second kappa shape index (κ2) is 12.4. The minimum Gasteiger partial charge on any atom is -0.285 e. The molecule has 0 bridgehead atoms. The van der Waals surface area contributed by atoms with Crippen LogP contribution in [-0.2, 0) is 20.2 Å². The molecule has 60 valence electrons. The first-order valence-corrected chi connectivity index (χ1v) is 6.70. The SMILES string of the molecule is O=S(O)(O)=S.SS.SS. The van der Waals surface area contributed by atoms with Crippen molar-refractivity contribution < 1.29 is 13.3 Å². The Balaban J connectivity index is -0.0000000771. The fraction of sp³-hybridized carbons (Fsp3) is 0. The smallest absolute Gasteiger partial charge is 0.263 e. The molecule has 0 radical (unpaired) electrons. The van der Waals surface area contributed by atoms with Crippen LogP contribution in [-0.4, -0.2) is 13.3 Å². The first kappa shape index (κ1) is 17.0. The molecule has 0 unspecified atom stereocenters. The van der Waals surface area contributed by atoms with Crippen molar-refractivity contribution in [3.63, 3.8) is 0 Å². The van der Waals surface area contributed by atoms with Crippen LogP contribution in [0, 0.1) is 0 Å². The largest absolute Gasteiger partial charge is 0.285 e. The number of hydrogen-bond donors (Lipinski definition) is 6. The first-order valence-electron chi connectivity index (χ1n) is 1.10. The second-order valence-electron chi connectivity index (χ2n) is 0.448. The molecule has 0 saturated heterocycles. The average molecular weight is 246 g/mol. The van der Waals surface area contributed by atoms with Crippen molar-refractivity contribution in [3.05, 3.63) is 0 Å². The van der Waals surface area contributed by atoms with E-state index in [0.717, 1.165) is 0 Å². The van der Waals surface area contributed by atoms with E-state index in [1.54, 1.807) is 0 Å². The molecule has 0 fully saturated rings. The normalized spacial score (nSPS) is 7.78. The third-order valence-corrected chi connectivity index (χ3v) is 0. The Hall–Kier alpha value is 1.69. The van der Waals surface area contributed by atoms with Gasteiger partial charge in [0.05, 0.1) is 0 Å². The predicted molar refractivity (Wildman–Crippen MR) is 56.7 cm³/mol. The molecule has 9 heavy (non-hydrogen) atoms. The van der Waals surface area contributed by atoms with Gasteiger partial charge >= 0.3 is 0 Å². The van der Waals surface area contributed by atoms with Crippen LogP contribution >= 0.6 is 46.6 Å². The molecule has 0 aliphatic heterocycles. The zero-order valence-corrected chi connectivity index (χ0v) is 9.12. The molecule has 0 aromatic rings. The van der Waals surface area contributed by atoms with Crippen LogP contribution in [0.15, 0.2) is 0 Å². The Morgan fingerprint density at radius 2 is 1.11 bits per heavy atom. The molecule has 3 nitrogen and oxygen atoms in total. The third-order valence-electron chi connectivity index (χ3n) is 0. The summed E-state index contributed by atoms with van der Waals surface area (Å²) in [6, 6.07) is 0. The maximum atomic E-state index is 9.11. The van der Waals surface area contributed by atoms with Crippen molar-refractivity contribution >= 4 is 66.9 Å². The molecule has 0 spiro atoms. The summed E-state index contributed by atoms with van der Waals surface area (Å²) in [5, 5.41) is 0. The molecule has 0 amide bonds. The van der Waals surface area contributed by atoms with Gasteiger partial charge in [0, 0.05) is 11.2 Å². The third kappa shape index (κ3) is 201. The fourth-order valence-corrected chi connectivity index (χ4v) is 0. The first-order chi connectivity index (χ1) is 4.00. The van der Waals surface area contributed by atoms with Crippen LogP contribution in [0.4, 0.5) is 0 Å². The van der Waals surface area contributed by atoms with Crippen molar-refractivity contribution in [1.82, 2.24) is 0 Å². The Labute approximate surface area is 79.8 Å². The van der Waals surface area contributed by atoms with Crippen LogP contribution in [0.5, 0.6) is 0 Å². The van der Waals surface area contributed by atoms with E-state index >= 15 is 0 Å². The highest BCUT2D eigenvalue weighted by molar-refractivity contribution is 8.59. The van der Waals surface area contributed by atoms with E-state index < -0.39 is 9.05 Å². The van der Waals surface area contributed by atoms with E-state index in [0.29, 0.717) is 0 Å². The van der Waals surface area contributed by atoms with E-state index in [1.165, 1.54) is 0 Å². The lowest BCUT2D eigenvalue weighted by Crippen LogP contribution is -1.86. The van der Waals surface area contributed by atoms with Gasteiger partial charge in [-0.05, 0) is 0 Å². The fourth-order valence-electron chi connectivity index (χ4n) is 0. The summed E-state index contributed by atoms with van der Waals surface area (Å²) in [6.45, 7) is 0. The highest BCUT2D eigenvalue weighted by atomic mass is 33.1. The van der Waals surface area contributed by atoms with Crippen LogP contribution in [0.25, 0.3) is 0 Å². The molecule has 0 aliphatic rings. The van der Waals surface area contributed by atoms with Gasteiger partial charge in [0.2, 0.25) is 0 Å². The van der Waals surface area contributed by atoms with Crippen LogP contribution in [0.1, 0.15) is 0 Å². The monoisotopic (exact) mass is 246 g/mol. The molecule has 0 aliphatic carbocycles. The van der Waals surface area contributed by atoms with E-state index in [-0.39, 0.29) is 0 Å². The number of rotatable bonds is 0. The van der Waals surface area contributed by atoms with Gasteiger partial charge in [0.25, 0.3) is 9.05 Å². The maximum Gasteiger partial charge on any atom is 0.263 e. The molecular weight excluding hydrogens is 240 g/mol. The van der Waals surface area contributed by atoms with Gasteiger partial charge in [-0.2, -0.15) is 4.21 Å². The average Bonchev–Trinajstić information content (AvgIpc) is 1.72. The van der Waals surface area contributed by atoms with Crippen molar-refractivity contribution in [2.75, 3.05) is 0 Å². The summed E-state index contributed by atoms with van der Waals surface area (Å²) in [6.07, 6.45) is 0. The van der Waals surface area contributed by atoms with Crippen molar-refractivity contribution in [2.45, 2.75) is 0 Å². The van der Waals surface area contributed by atoms with E-state index in [1.807, 2.05) is 0 Å². The standard InChI is InChI=1S/H2O3S2.2H2S2/c1-5(2,3)4;2*1-2/h(H2,1,2,3,4);2*1-2H. The molecule has 0 heterocycles. The second-order valence-corrected chi connectivity index (χ2v) is 2.65. The lowest BCUT2D eigenvalue weighted by Gasteiger charge is -1.73. The topological polar surface area (TPSA) is 57.5 Å². The molecule has 2 N–H and O–H groups in total. The van der Waals surface area contributed by atoms with Gasteiger partial charge in [-0.1, -0.05) is 0 Å². The lowest BCUT2D eigenvalue weighted by molar-refractivity contribution is 0.450. The quantitative estimate of drug-likeness (QED) is 0.287. The van der Waals surface area contributed by atoms with Gasteiger partial charge < -0.3 is 0 Å². The molecule has 0 rings (SSSR count). The summed E-state index contributed by atoms with van der Waals surface area (Å²) < 4.78 is 24.0. The van der Waals surface area contributed by atoms with Gasteiger partial charge in [0.15, 0.2) is 0 Å². The summed E-state index contributed by atoms with van der Waals surface area (Å²) in [5.41, 5.74) is 0. The van der Waals surface area contributed by atoms with Crippen molar-refractivity contribution in [3.8, 4) is 0 Å². The highest BCUT2D eigenvalue weighted by Gasteiger charge is 1.78. The summed E-state index contributed by atoms with van der Waals surface area (Å²) in [5.74, 6) is 0. The van der Waals surface area contributed by atoms with Crippen LogP contribution < -0.4 is 0 Å². The van der Waals surface area contributed by atoms with E-state index in [9.17, 15) is 0 Å². The Morgan fingerprint density at radius 1 is 1.11 bits per heavy atom. The van der Waals surface area contributed by atoms with E-state index in [2.05, 4.69) is 57.8 Å². The number of hydrogen-bond acceptors (Lipinski definition) is 6. The predicted octanol–water partition coefficient (Wildman–Crippen LogP) is 1.20. The molecule has 0 saturated carbocycles. The minimum atomic E-state index is -3.83. The van der Waals surface area contributed by atoms with E-state index in [4.69, 9.17) is 13.3 Å². The summed E-state index contributed by atoms with van der Waals surface area (Å²) >= 11 is 16.4. The van der Waals surface area contributed by atoms with Gasteiger partial charge in [0.1, 0.15) is 0 Å². The van der Waals surface area contributed by atoms with Crippen LogP contribution in [0.3, 0.4) is 0 Å². The van der Waals surface area contributed by atoms with Crippen molar-refractivity contribution in [1.29, 1.82) is 0 Å². The lowest BCUT2D eigenvalue weighted by atomic mass is 15.8. The minimum absolute atomic E-state index is 3.22. The van der Waals surface area contributed by atoms with Gasteiger partial charge in [-0.3, -0.25) is 9.11 Å². The molecule has 0 aromatic carbocycles. The Morgan fingerprint density at radius 3 is 1.11 bits per heavy atom. The molecular formula is H6O3S6.